The fourth-order valence-corrected chi connectivity index (χ4v) is 1.54. The van der Waals surface area contributed by atoms with Gasteiger partial charge in [-0.25, -0.2) is 0 Å². The highest BCUT2D eigenvalue weighted by atomic mass is 19.4. The summed E-state index contributed by atoms with van der Waals surface area (Å²) in [5, 5.41) is 9.63. The molecule has 1 nitrogen and oxygen atoms in total. The molecule has 0 bridgehead atoms. The normalized spacial score (nSPS) is 15.8. The van der Waals surface area contributed by atoms with Crippen molar-refractivity contribution in [2.45, 2.75) is 38.0 Å². The van der Waals surface area contributed by atoms with Crippen LogP contribution in [-0.4, -0.2) is 17.4 Å². The highest BCUT2D eigenvalue weighted by molar-refractivity contribution is 5.19. The lowest BCUT2D eigenvalue weighted by atomic mass is 9.93. The smallest absolute Gasteiger partial charge is 0.389 e. The number of hydrogen-bond acceptors (Lipinski definition) is 1. The van der Waals surface area contributed by atoms with Crippen LogP contribution in [0.25, 0.3) is 0 Å². The van der Waals surface area contributed by atoms with Gasteiger partial charge in [-0.2, -0.15) is 13.2 Å². The summed E-state index contributed by atoms with van der Waals surface area (Å²) in [7, 11) is 0. The number of alkyl halides is 3. The largest absolute Gasteiger partial charge is 0.392 e. The van der Waals surface area contributed by atoms with Crippen molar-refractivity contribution in [2.24, 2.45) is 0 Å². The quantitative estimate of drug-likeness (QED) is 0.842. The SMILES string of the molecule is CC(c1ccccc1)C(O)CCC(F)(F)F. The molecule has 1 rings (SSSR count). The average molecular weight is 232 g/mol. The first-order valence-electron chi connectivity index (χ1n) is 5.20. The highest BCUT2D eigenvalue weighted by Crippen LogP contribution is 2.27. The number of aliphatic hydroxyl groups excluding tert-OH is 1. The Hall–Kier alpha value is -1.03. The fraction of sp³-hybridized carbons (Fsp3) is 0.500. The first-order chi connectivity index (χ1) is 7.40. The van der Waals surface area contributed by atoms with Crippen molar-refractivity contribution in [3.05, 3.63) is 35.9 Å². The van der Waals surface area contributed by atoms with Gasteiger partial charge in [0.2, 0.25) is 0 Å². The van der Waals surface area contributed by atoms with E-state index in [1.54, 1.807) is 6.92 Å². The third-order valence-corrected chi connectivity index (χ3v) is 2.63. The van der Waals surface area contributed by atoms with Crippen LogP contribution in [0.3, 0.4) is 0 Å². The molecule has 0 aliphatic heterocycles. The number of aliphatic hydroxyl groups is 1. The maximum Gasteiger partial charge on any atom is 0.389 e. The summed E-state index contributed by atoms with van der Waals surface area (Å²) in [6, 6.07) is 9.06. The molecule has 0 heterocycles. The molecule has 16 heavy (non-hydrogen) atoms. The topological polar surface area (TPSA) is 20.2 Å². The van der Waals surface area contributed by atoms with Gasteiger partial charge in [0.1, 0.15) is 0 Å². The van der Waals surface area contributed by atoms with Crippen molar-refractivity contribution in [1.29, 1.82) is 0 Å². The lowest BCUT2D eigenvalue weighted by Crippen LogP contribution is -2.19. The van der Waals surface area contributed by atoms with Crippen LogP contribution < -0.4 is 0 Å². The molecule has 0 fully saturated rings. The summed E-state index contributed by atoms with van der Waals surface area (Å²) in [4.78, 5) is 0. The standard InChI is InChI=1S/C12H15F3O/c1-9(10-5-3-2-4-6-10)11(16)7-8-12(13,14)15/h2-6,9,11,16H,7-8H2,1H3. The molecule has 0 saturated heterocycles. The van der Waals surface area contributed by atoms with Crippen molar-refractivity contribution in [1.82, 2.24) is 0 Å². The maximum absolute atomic E-state index is 12.0. The van der Waals surface area contributed by atoms with Crippen LogP contribution in [0.4, 0.5) is 13.2 Å². The van der Waals surface area contributed by atoms with E-state index in [0.717, 1.165) is 5.56 Å². The number of rotatable bonds is 4. The molecule has 0 aliphatic carbocycles. The van der Waals surface area contributed by atoms with Gasteiger partial charge in [0, 0.05) is 12.3 Å². The van der Waals surface area contributed by atoms with E-state index in [1.165, 1.54) is 0 Å². The minimum atomic E-state index is -4.20. The highest BCUT2D eigenvalue weighted by Gasteiger charge is 2.29. The number of halogens is 3. The molecular weight excluding hydrogens is 217 g/mol. The molecular formula is C12H15F3O. The minimum absolute atomic E-state index is 0.250. The first-order valence-corrected chi connectivity index (χ1v) is 5.20. The Bertz CT molecular complexity index is 308. The summed E-state index contributed by atoms with van der Waals surface area (Å²) in [5.74, 6) is -0.274. The van der Waals surface area contributed by atoms with E-state index in [-0.39, 0.29) is 12.3 Å². The fourth-order valence-electron chi connectivity index (χ4n) is 1.54. The van der Waals surface area contributed by atoms with Gasteiger partial charge in [-0.3, -0.25) is 0 Å². The van der Waals surface area contributed by atoms with Gasteiger partial charge in [-0.05, 0) is 12.0 Å². The van der Waals surface area contributed by atoms with Crippen LogP contribution in [0.1, 0.15) is 31.2 Å². The zero-order valence-electron chi connectivity index (χ0n) is 9.04. The molecule has 1 aromatic rings. The molecule has 0 saturated carbocycles. The van der Waals surface area contributed by atoms with Crippen LogP contribution in [0.15, 0.2) is 30.3 Å². The zero-order valence-corrected chi connectivity index (χ0v) is 9.04. The lowest BCUT2D eigenvalue weighted by molar-refractivity contribution is -0.140. The van der Waals surface area contributed by atoms with Crippen molar-refractivity contribution in [3.8, 4) is 0 Å². The summed E-state index contributed by atoms with van der Waals surface area (Å²) in [6.07, 6.45) is -6.34. The van der Waals surface area contributed by atoms with E-state index in [9.17, 15) is 18.3 Å². The molecule has 0 radical (unpaired) electrons. The molecule has 2 atom stereocenters. The van der Waals surface area contributed by atoms with Crippen molar-refractivity contribution >= 4 is 0 Å². The van der Waals surface area contributed by atoms with E-state index in [0.29, 0.717) is 0 Å². The Morgan fingerprint density at radius 2 is 1.75 bits per heavy atom. The van der Waals surface area contributed by atoms with E-state index >= 15 is 0 Å². The molecule has 90 valence electrons. The molecule has 0 aromatic heterocycles. The molecule has 4 heteroatoms. The lowest BCUT2D eigenvalue weighted by Gasteiger charge is -2.19. The Kier molecular flexibility index (Phi) is 4.35. The van der Waals surface area contributed by atoms with Crippen molar-refractivity contribution in [3.63, 3.8) is 0 Å². The third-order valence-electron chi connectivity index (χ3n) is 2.63. The second kappa shape index (κ2) is 5.34. The van der Waals surface area contributed by atoms with Crippen LogP contribution >= 0.6 is 0 Å². The zero-order chi connectivity index (χ0) is 12.2. The van der Waals surface area contributed by atoms with Crippen LogP contribution in [0.2, 0.25) is 0 Å². The summed E-state index contributed by atoms with van der Waals surface area (Å²) < 4.78 is 35.9. The first kappa shape index (κ1) is 13.0. The summed E-state index contributed by atoms with van der Waals surface area (Å²) in [6.45, 7) is 1.73. The summed E-state index contributed by atoms with van der Waals surface area (Å²) >= 11 is 0. The molecule has 0 spiro atoms. The van der Waals surface area contributed by atoms with E-state index < -0.39 is 18.7 Å². The van der Waals surface area contributed by atoms with E-state index in [2.05, 4.69) is 0 Å². The van der Waals surface area contributed by atoms with Gasteiger partial charge in [-0.1, -0.05) is 37.3 Å². The van der Waals surface area contributed by atoms with Crippen molar-refractivity contribution < 1.29 is 18.3 Å². The van der Waals surface area contributed by atoms with E-state index in [4.69, 9.17) is 0 Å². The van der Waals surface area contributed by atoms with Crippen molar-refractivity contribution in [2.75, 3.05) is 0 Å². The molecule has 2 unspecified atom stereocenters. The Morgan fingerprint density at radius 3 is 2.25 bits per heavy atom. The van der Waals surface area contributed by atoms with E-state index in [1.807, 2.05) is 30.3 Å². The Labute approximate surface area is 92.9 Å². The number of benzene rings is 1. The van der Waals surface area contributed by atoms with Crippen LogP contribution in [-0.2, 0) is 0 Å². The predicted molar refractivity (Wildman–Crippen MR) is 56.2 cm³/mol. The third kappa shape index (κ3) is 4.23. The molecule has 1 N–H and O–H groups in total. The summed E-state index contributed by atoms with van der Waals surface area (Å²) in [5.41, 5.74) is 0.858. The molecule has 1 aromatic carbocycles. The molecule has 0 aliphatic rings. The van der Waals surface area contributed by atoms with Gasteiger partial charge in [0.05, 0.1) is 6.10 Å². The predicted octanol–water partition coefficient (Wildman–Crippen LogP) is 3.49. The van der Waals surface area contributed by atoms with Crippen LogP contribution in [0, 0.1) is 0 Å². The maximum atomic E-state index is 12.0. The Balaban J connectivity index is 2.52. The minimum Gasteiger partial charge on any atom is -0.392 e. The average Bonchev–Trinajstić information content (AvgIpc) is 2.25. The van der Waals surface area contributed by atoms with Gasteiger partial charge in [0.25, 0.3) is 0 Å². The Morgan fingerprint density at radius 1 is 1.19 bits per heavy atom. The van der Waals surface area contributed by atoms with Crippen LogP contribution in [0.5, 0.6) is 0 Å². The second-order valence-electron chi connectivity index (χ2n) is 3.92. The van der Waals surface area contributed by atoms with Gasteiger partial charge in [-0.15, -0.1) is 0 Å². The van der Waals surface area contributed by atoms with Gasteiger partial charge < -0.3 is 5.11 Å². The number of hydrogen-bond donors (Lipinski definition) is 1. The molecule has 0 amide bonds. The van der Waals surface area contributed by atoms with Gasteiger partial charge >= 0.3 is 6.18 Å². The van der Waals surface area contributed by atoms with Gasteiger partial charge in [0.15, 0.2) is 0 Å². The second-order valence-corrected chi connectivity index (χ2v) is 3.92. The monoisotopic (exact) mass is 232 g/mol.